The van der Waals surface area contributed by atoms with Gasteiger partial charge in [-0.3, -0.25) is 4.79 Å². The molecule has 0 aromatic heterocycles. The lowest BCUT2D eigenvalue weighted by molar-refractivity contribution is -0.328. The van der Waals surface area contributed by atoms with Crippen LogP contribution in [0.15, 0.2) is 0 Å². The molecule has 8 atom stereocenters. The second-order valence-electron chi connectivity index (χ2n) is 7.24. The van der Waals surface area contributed by atoms with Crippen LogP contribution >= 0.6 is 0 Å². The molecule has 0 amide bonds. The molecule has 1 aliphatic heterocycles. The summed E-state index contributed by atoms with van der Waals surface area (Å²) in [5.74, 6) is 5.11. The second kappa shape index (κ2) is 1.82. The molecule has 5 aliphatic carbocycles. The van der Waals surface area contributed by atoms with E-state index in [1.165, 1.54) is 19.3 Å². The molecule has 3 unspecified atom stereocenters. The molecule has 6 fully saturated rings. The first-order valence-electron chi connectivity index (χ1n) is 6.95. The van der Waals surface area contributed by atoms with Gasteiger partial charge < -0.3 is 4.74 Å². The topological polar surface area (TPSA) is 26.3 Å². The van der Waals surface area contributed by atoms with E-state index < -0.39 is 0 Å². The molecule has 0 N–H and O–H groups in total. The normalized spacial score (nSPS) is 75.9. The van der Waals surface area contributed by atoms with Crippen molar-refractivity contribution < 1.29 is 9.53 Å². The SMILES string of the molecule is O=C1[C@H]2C3[C@@H]4C([C@H]5CCC[C@@]145)C31COC[C@H]21. The summed E-state index contributed by atoms with van der Waals surface area (Å²) in [6.07, 6.45) is 3.92. The molecule has 0 aromatic rings. The molecule has 16 heavy (non-hydrogen) atoms. The number of Topliss-reactive ketones (excluding diaryl/α,β-unsaturated/α-hetero) is 1. The first-order chi connectivity index (χ1) is 7.83. The maximum Gasteiger partial charge on any atom is 0.143 e. The molecule has 0 bridgehead atoms. The van der Waals surface area contributed by atoms with Gasteiger partial charge in [0, 0.05) is 22.7 Å². The number of hydrogen-bond acceptors (Lipinski definition) is 2. The number of carbonyl (C=O) groups excluding carboxylic acids is 1. The van der Waals surface area contributed by atoms with Crippen LogP contribution < -0.4 is 0 Å². The van der Waals surface area contributed by atoms with Crippen molar-refractivity contribution in [2.75, 3.05) is 13.2 Å². The zero-order chi connectivity index (χ0) is 10.3. The zero-order valence-electron chi connectivity index (χ0n) is 9.32. The molecule has 6 aliphatic rings. The number of rotatable bonds is 0. The van der Waals surface area contributed by atoms with E-state index in [1.807, 2.05) is 0 Å². The highest BCUT2D eigenvalue weighted by Crippen LogP contribution is 2.93. The standard InChI is InChI=1S/C14H16O2/c15-12-8-7-4-16-5-14(7)9-6-2-1-3-13(6,12)11(9)10(8)14/h6-11H,1-5H2/t6-,7-,8-,9?,10?,11+,13+,14?/m1/s1. The second-order valence-corrected chi connectivity index (χ2v) is 7.24. The van der Waals surface area contributed by atoms with Crippen LogP contribution in [0.25, 0.3) is 0 Å². The lowest BCUT2D eigenvalue weighted by Gasteiger charge is -2.78. The Morgan fingerprint density at radius 3 is 3.06 bits per heavy atom. The van der Waals surface area contributed by atoms with Crippen molar-refractivity contribution in [2.45, 2.75) is 19.3 Å². The average Bonchev–Trinajstić information content (AvgIpc) is 2.80. The molecular weight excluding hydrogens is 200 g/mol. The fraction of sp³-hybridized carbons (Fsp3) is 0.929. The van der Waals surface area contributed by atoms with Gasteiger partial charge in [-0.25, -0.2) is 0 Å². The quantitative estimate of drug-likeness (QED) is 0.613. The number of ketones is 1. The van der Waals surface area contributed by atoms with E-state index in [0.29, 0.717) is 23.0 Å². The molecule has 0 radical (unpaired) electrons. The maximum absolute atomic E-state index is 12.7. The van der Waals surface area contributed by atoms with Crippen LogP contribution in [0.4, 0.5) is 0 Å². The largest absolute Gasteiger partial charge is 0.381 e. The zero-order valence-corrected chi connectivity index (χ0v) is 9.32. The van der Waals surface area contributed by atoms with Crippen molar-refractivity contribution in [3.05, 3.63) is 0 Å². The summed E-state index contributed by atoms with van der Waals surface area (Å²) in [4.78, 5) is 12.7. The Bertz CT molecular complexity index is 450. The summed E-state index contributed by atoms with van der Waals surface area (Å²) in [7, 11) is 0. The van der Waals surface area contributed by atoms with E-state index >= 15 is 0 Å². The van der Waals surface area contributed by atoms with Crippen LogP contribution in [0.5, 0.6) is 0 Å². The van der Waals surface area contributed by atoms with E-state index in [-0.39, 0.29) is 5.41 Å². The van der Waals surface area contributed by atoms with E-state index in [9.17, 15) is 4.79 Å². The first-order valence-corrected chi connectivity index (χ1v) is 6.95. The van der Waals surface area contributed by atoms with Crippen LogP contribution in [-0.2, 0) is 9.53 Å². The summed E-state index contributed by atoms with van der Waals surface area (Å²) in [6, 6.07) is 0. The number of ether oxygens (including phenoxy) is 1. The molecule has 6 rings (SSSR count). The van der Waals surface area contributed by atoms with Gasteiger partial charge in [-0.1, -0.05) is 6.42 Å². The summed E-state index contributed by atoms with van der Waals surface area (Å²) >= 11 is 0. The van der Waals surface area contributed by atoms with E-state index in [1.54, 1.807) is 0 Å². The monoisotopic (exact) mass is 216 g/mol. The van der Waals surface area contributed by atoms with E-state index in [4.69, 9.17) is 4.74 Å². The minimum absolute atomic E-state index is 0.232. The molecule has 2 heteroatoms. The van der Waals surface area contributed by atoms with Gasteiger partial charge in [0.1, 0.15) is 5.78 Å². The third-order valence-electron chi connectivity index (χ3n) is 7.73. The Kier molecular flexibility index (Phi) is 0.895. The summed E-state index contributed by atoms with van der Waals surface area (Å²) < 4.78 is 5.75. The van der Waals surface area contributed by atoms with Crippen LogP contribution in [0.3, 0.4) is 0 Å². The van der Waals surface area contributed by atoms with Gasteiger partial charge in [0.15, 0.2) is 0 Å². The van der Waals surface area contributed by atoms with Crippen molar-refractivity contribution in [1.29, 1.82) is 0 Å². The van der Waals surface area contributed by atoms with Gasteiger partial charge in [-0.2, -0.15) is 0 Å². The number of fused-ring (bicyclic) bond motifs is 2. The minimum atomic E-state index is 0.232. The summed E-state index contributed by atoms with van der Waals surface area (Å²) in [5.41, 5.74) is 0.760. The van der Waals surface area contributed by atoms with Crippen molar-refractivity contribution in [3.63, 3.8) is 0 Å². The third-order valence-corrected chi connectivity index (χ3v) is 7.73. The summed E-state index contributed by atoms with van der Waals surface area (Å²) in [6.45, 7) is 1.90. The molecular formula is C14H16O2. The Labute approximate surface area is 94.7 Å². The van der Waals surface area contributed by atoms with Crippen molar-refractivity contribution in [3.8, 4) is 0 Å². The third kappa shape index (κ3) is 0.401. The molecule has 5 saturated carbocycles. The van der Waals surface area contributed by atoms with Crippen molar-refractivity contribution in [2.24, 2.45) is 46.3 Å². The lowest BCUT2D eigenvalue weighted by Crippen LogP contribution is -2.78. The fourth-order valence-electron chi connectivity index (χ4n) is 7.68. The molecule has 2 nitrogen and oxygen atoms in total. The number of hydrogen-bond donors (Lipinski definition) is 0. The Balaban J connectivity index is 1.64. The Morgan fingerprint density at radius 2 is 2.12 bits per heavy atom. The first kappa shape index (κ1) is 7.86. The average molecular weight is 216 g/mol. The van der Waals surface area contributed by atoms with Crippen LogP contribution in [-0.4, -0.2) is 19.0 Å². The predicted molar refractivity (Wildman–Crippen MR) is 55.5 cm³/mol. The maximum atomic E-state index is 12.7. The Hall–Kier alpha value is -0.370. The molecule has 0 aromatic carbocycles. The van der Waals surface area contributed by atoms with Gasteiger partial charge in [0.25, 0.3) is 0 Å². The van der Waals surface area contributed by atoms with E-state index in [0.717, 1.165) is 36.9 Å². The molecule has 1 heterocycles. The van der Waals surface area contributed by atoms with Crippen molar-refractivity contribution >= 4 is 5.78 Å². The minimum Gasteiger partial charge on any atom is -0.381 e. The highest BCUT2D eigenvalue weighted by molar-refractivity contribution is 5.96. The highest BCUT2D eigenvalue weighted by atomic mass is 16.5. The van der Waals surface area contributed by atoms with Gasteiger partial charge in [0.05, 0.1) is 13.2 Å². The Morgan fingerprint density at radius 1 is 1.19 bits per heavy atom. The van der Waals surface area contributed by atoms with Crippen LogP contribution in [0, 0.1) is 46.3 Å². The van der Waals surface area contributed by atoms with Crippen LogP contribution in [0.1, 0.15) is 19.3 Å². The molecule has 84 valence electrons. The molecule has 1 saturated heterocycles. The van der Waals surface area contributed by atoms with E-state index in [2.05, 4.69) is 0 Å². The van der Waals surface area contributed by atoms with Gasteiger partial charge in [-0.05, 0) is 36.5 Å². The van der Waals surface area contributed by atoms with Gasteiger partial charge >= 0.3 is 0 Å². The molecule has 2 spiro atoms. The smallest absolute Gasteiger partial charge is 0.143 e. The highest BCUT2D eigenvalue weighted by Gasteiger charge is 2.95. The van der Waals surface area contributed by atoms with Crippen molar-refractivity contribution in [1.82, 2.24) is 0 Å². The predicted octanol–water partition coefficient (Wildman–Crippen LogP) is 1.49. The fourth-order valence-corrected chi connectivity index (χ4v) is 7.68. The van der Waals surface area contributed by atoms with Gasteiger partial charge in [0.2, 0.25) is 0 Å². The van der Waals surface area contributed by atoms with Gasteiger partial charge in [-0.15, -0.1) is 0 Å². The number of carbonyl (C=O) groups is 1. The lowest BCUT2D eigenvalue weighted by atomic mass is 9.24. The van der Waals surface area contributed by atoms with Crippen LogP contribution in [0.2, 0.25) is 0 Å². The summed E-state index contributed by atoms with van der Waals surface area (Å²) in [5, 5.41) is 0.